The fourth-order valence-corrected chi connectivity index (χ4v) is 2.39. The van der Waals surface area contributed by atoms with E-state index in [0.29, 0.717) is 6.54 Å². The summed E-state index contributed by atoms with van der Waals surface area (Å²) >= 11 is 3.37. The molecule has 0 saturated heterocycles. The third-order valence-corrected chi connectivity index (χ3v) is 3.57. The van der Waals surface area contributed by atoms with Crippen molar-refractivity contribution in [2.24, 2.45) is 7.05 Å². The topological polar surface area (TPSA) is 72.9 Å². The quantitative estimate of drug-likeness (QED) is 0.781. The van der Waals surface area contributed by atoms with Gasteiger partial charge in [-0.3, -0.25) is 4.40 Å². The highest BCUT2D eigenvalue weighted by Crippen LogP contribution is 2.12. The lowest BCUT2D eigenvalue weighted by molar-refractivity contribution is 0.522. The Bertz CT molecular complexity index is 732. The minimum Gasteiger partial charge on any atom is -0.319 e. The highest BCUT2D eigenvalue weighted by Gasteiger charge is 2.12. The van der Waals surface area contributed by atoms with Crippen molar-refractivity contribution in [2.75, 3.05) is 0 Å². The molecular formula is C12H14BrN7. The van der Waals surface area contributed by atoms with Gasteiger partial charge in [-0.15, -0.1) is 10.2 Å². The maximum atomic E-state index is 4.32. The molecule has 0 bridgehead atoms. The molecule has 1 atom stereocenters. The summed E-state index contributed by atoms with van der Waals surface area (Å²) < 4.78 is 4.70. The van der Waals surface area contributed by atoms with Gasteiger partial charge < -0.3 is 9.88 Å². The van der Waals surface area contributed by atoms with Gasteiger partial charge in [0.25, 0.3) is 0 Å². The predicted octanol–water partition coefficient (Wildman–Crippen LogP) is 1.47. The van der Waals surface area contributed by atoms with E-state index in [1.165, 1.54) is 0 Å². The average molecular weight is 336 g/mol. The first-order chi connectivity index (χ1) is 9.65. The molecule has 8 heteroatoms. The van der Waals surface area contributed by atoms with Gasteiger partial charge in [-0.2, -0.15) is 0 Å². The zero-order chi connectivity index (χ0) is 14.1. The second-order valence-corrected chi connectivity index (χ2v) is 5.40. The van der Waals surface area contributed by atoms with E-state index in [-0.39, 0.29) is 6.04 Å². The molecule has 0 fully saturated rings. The fraction of sp³-hybridized carbons (Fsp3) is 0.333. The molecule has 3 aromatic heterocycles. The summed E-state index contributed by atoms with van der Waals surface area (Å²) in [4.78, 5) is 8.48. The molecule has 104 valence electrons. The first kappa shape index (κ1) is 13.2. The molecule has 0 aliphatic rings. The standard InChI is InChI=1S/C12H14BrN7/c1-8(12-18-17-7-19(12)2)14-3-9-4-16-11-5-15-10(13)6-20(9)11/h4-8,14H,3H2,1-2H3. The number of aromatic nitrogens is 6. The Balaban J connectivity index is 1.77. The van der Waals surface area contributed by atoms with Gasteiger partial charge in [-0.1, -0.05) is 0 Å². The minimum absolute atomic E-state index is 0.110. The lowest BCUT2D eigenvalue weighted by Crippen LogP contribution is -2.21. The first-order valence-corrected chi connectivity index (χ1v) is 6.99. The van der Waals surface area contributed by atoms with Crippen molar-refractivity contribution >= 4 is 21.6 Å². The van der Waals surface area contributed by atoms with Gasteiger partial charge in [0.1, 0.15) is 16.8 Å². The van der Waals surface area contributed by atoms with Crippen molar-refractivity contribution in [1.82, 2.24) is 34.4 Å². The van der Waals surface area contributed by atoms with Gasteiger partial charge in [-0.05, 0) is 22.9 Å². The summed E-state index contributed by atoms with van der Waals surface area (Å²) in [5.74, 6) is 0.904. The average Bonchev–Trinajstić information content (AvgIpc) is 3.02. The number of nitrogens with one attached hydrogen (secondary N) is 1. The SMILES string of the molecule is CC(NCc1cnc2cnc(Br)cn12)c1nncn1C. The van der Waals surface area contributed by atoms with E-state index < -0.39 is 0 Å². The highest BCUT2D eigenvalue weighted by molar-refractivity contribution is 9.10. The van der Waals surface area contributed by atoms with Crippen LogP contribution in [-0.2, 0) is 13.6 Å². The number of halogens is 1. The molecule has 20 heavy (non-hydrogen) atoms. The van der Waals surface area contributed by atoms with E-state index >= 15 is 0 Å². The van der Waals surface area contributed by atoms with Crippen LogP contribution in [0.2, 0.25) is 0 Å². The summed E-state index contributed by atoms with van der Waals surface area (Å²) in [6.07, 6.45) is 7.19. The summed E-state index contributed by atoms with van der Waals surface area (Å²) in [5.41, 5.74) is 1.90. The molecule has 3 aromatic rings. The van der Waals surface area contributed by atoms with E-state index in [1.54, 1.807) is 12.5 Å². The van der Waals surface area contributed by atoms with Crippen LogP contribution in [-0.4, -0.2) is 29.1 Å². The second kappa shape index (κ2) is 5.29. The van der Waals surface area contributed by atoms with Crippen LogP contribution < -0.4 is 5.32 Å². The van der Waals surface area contributed by atoms with Crippen molar-refractivity contribution in [3.63, 3.8) is 0 Å². The molecule has 1 unspecified atom stereocenters. The molecule has 0 aliphatic heterocycles. The smallest absolute Gasteiger partial charge is 0.155 e. The van der Waals surface area contributed by atoms with Gasteiger partial charge in [0, 0.05) is 19.8 Å². The zero-order valence-electron chi connectivity index (χ0n) is 11.2. The van der Waals surface area contributed by atoms with Gasteiger partial charge in [-0.25, -0.2) is 9.97 Å². The lowest BCUT2D eigenvalue weighted by atomic mass is 10.3. The van der Waals surface area contributed by atoms with Crippen LogP contribution in [0.5, 0.6) is 0 Å². The highest BCUT2D eigenvalue weighted by atomic mass is 79.9. The van der Waals surface area contributed by atoms with Crippen LogP contribution in [0.25, 0.3) is 5.65 Å². The molecule has 0 aromatic carbocycles. The summed E-state index contributed by atoms with van der Waals surface area (Å²) in [7, 11) is 1.94. The third-order valence-electron chi connectivity index (χ3n) is 3.16. The number of hydrogen-bond acceptors (Lipinski definition) is 5. The van der Waals surface area contributed by atoms with Crippen molar-refractivity contribution < 1.29 is 0 Å². The Morgan fingerprint density at radius 1 is 1.35 bits per heavy atom. The number of hydrogen-bond donors (Lipinski definition) is 1. The Labute approximate surface area is 124 Å². The third kappa shape index (κ3) is 2.44. The molecule has 7 nitrogen and oxygen atoms in total. The van der Waals surface area contributed by atoms with Crippen LogP contribution in [0, 0.1) is 0 Å². The van der Waals surface area contributed by atoms with Crippen LogP contribution in [0.3, 0.4) is 0 Å². The Morgan fingerprint density at radius 2 is 2.20 bits per heavy atom. The van der Waals surface area contributed by atoms with E-state index in [2.05, 4.69) is 48.3 Å². The van der Waals surface area contributed by atoms with Crippen molar-refractivity contribution in [3.05, 3.63) is 41.0 Å². The molecule has 3 rings (SSSR count). The van der Waals surface area contributed by atoms with Crippen LogP contribution >= 0.6 is 15.9 Å². The van der Waals surface area contributed by atoms with Crippen LogP contribution in [0.1, 0.15) is 24.5 Å². The number of aryl methyl sites for hydroxylation is 1. The first-order valence-electron chi connectivity index (χ1n) is 6.20. The van der Waals surface area contributed by atoms with Crippen molar-refractivity contribution in [3.8, 4) is 0 Å². The Kier molecular flexibility index (Phi) is 3.49. The maximum absolute atomic E-state index is 4.32. The van der Waals surface area contributed by atoms with Crippen LogP contribution in [0.15, 0.2) is 29.5 Å². The van der Waals surface area contributed by atoms with Gasteiger partial charge >= 0.3 is 0 Å². The molecule has 0 radical (unpaired) electrons. The summed E-state index contributed by atoms with van der Waals surface area (Å²) in [6, 6.07) is 0.110. The molecule has 0 amide bonds. The molecule has 0 spiro atoms. The molecular weight excluding hydrogens is 322 g/mol. The maximum Gasteiger partial charge on any atom is 0.155 e. The van der Waals surface area contributed by atoms with Crippen molar-refractivity contribution in [2.45, 2.75) is 19.5 Å². The van der Waals surface area contributed by atoms with E-state index in [0.717, 1.165) is 21.8 Å². The molecule has 0 saturated carbocycles. The fourth-order valence-electron chi connectivity index (χ4n) is 2.08. The summed E-state index contributed by atoms with van der Waals surface area (Å²) in [6.45, 7) is 2.75. The van der Waals surface area contributed by atoms with Gasteiger partial charge in [0.2, 0.25) is 0 Å². The molecule has 1 N–H and O–H groups in total. The molecule has 3 heterocycles. The largest absolute Gasteiger partial charge is 0.319 e. The van der Waals surface area contributed by atoms with Gasteiger partial charge in [0.15, 0.2) is 5.65 Å². The van der Waals surface area contributed by atoms with Crippen molar-refractivity contribution in [1.29, 1.82) is 0 Å². The van der Waals surface area contributed by atoms with E-state index in [9.17, 15) is 0 Å². The normalized spacial score (nSPS) is 12.9. The van der Waals surface area contributed by atoms with Crippen LogP contribution in [0.4, 0.5) is 0 Å². The zero-order valence-corrected chi connectivity index (χ0v) is 12.7. The number of fused-ring (bicyclic) bond motifs is 1. The minimum atomic E-state index is 0.110. The molecule has 0 aliphatic carbocycles. The lowest BCUT2D eigenvalue weighted by Gasteiger charge is -2.12. The monoisotopic (exact) mass is 335 g/mol. The van der Waals surface area contributed by atoms with E-state index in [4.69, 9.17) is 0 Å². The van der Waals surface area contributed by atoms with Gasteiger partial charge in [0.05, 0.1) is 24.1 Å². The van der Waals surface area contributed by atoms with E-state index in [1.807, 2.05) is 28.4 Å². The second-order valence-electron chi connectivity index (χ2n) is 4.59. The number of imidazole rings is 1. The summed E-state index contributed by atoms with van der Waals surface area (Å²) in [5, 5.41) is 11.4. The number of rotatable bonds is 4. The number of nitrogens with zero attached hydrogens (tertiary/aromatic N) is 6. The predicted molar refractivity (Wildman–Crippen MR) is 76.9 cm³/mol. The Morgan fingerprint density at radius 3 is 2.95 bits per heavy atom. The Hall–Kier alpha value is -1.80.